The largest absolute Gasteiger partial charge is 0.495 e. The third-order valence-corrected chi connectivity index (χ3v) is 9.13. The summed E-state index contributed by atoms with van der Waals surface area (Å²) in [5.74, 6) is 0.542. The number of hydrogen-bond acceptors (Lipinski definition) is 8. The second-order valence-corrected chi connectivity index (χ2v) is 10.2. The predicted molar refractivity (Wildman–Crippen MR) is 108 cm³/mol. The molecule has 2 unspecified atom stereocenters. The maximum atomic E-state index is 13.1. The molecule has 28 heavy (non-hydrogen) atoms. The van der Waals surface area contributed by atoms with E-state index in [1.54, 1.807) is 25.6 Å². The number of sulfonamides is 1. The number of rotatable bonds is 3. The van der Waals surface area contributed by atoms with E-state index in [0.29, 0.717) is 28.7 Å². The van der Waals surface area contributed by atoms with E-state index in [-0.39, 0.29) is 12.6 Å². The van der Waals surface area contributed by atoms with Crippen molar-refractivity contribution in [3.05, 3.63) is 34.4 Å². The van der Waals surface area contributed by atoms with E-state index in [1.807, 2.05) is 6.07 Å². The number of pyridine rings is 1. The molecule has 1 fully saturated rings. The molecule has 0 amide bonds. The standard InChI is InChI=1S/C17H19ClN4O4S2/c1-22-16(19)21-17(9-26-4-3-14(17)28(22,23)24)15-12(18)6-13(27-15)10-5-11(25-2)8-20-7-10/h5-8,14H,3-4,9H2,1-2H3,(H2,19,21). The van der Waals surface area contributed by atoms with Crippen molar-refractivity contribution in [2.24, 2.45) is 10.7 Å². The highest BCUT2D eigenvalue weighted by atomic mass is 35.5. The quantitative estimate of drug-likeness (QED) is 0.779. The predicted octanol–water partition coefficient (Wildman–Crippen LogP) is 2.05. The van der Waals surface area contributed by atoms with Crippen molar-refractivity contribution in [2.75, 3.05) is 27.4 Å². The van der Waals surface area contributed by atoms with Gasteiger partial charge in [0, 0.05) is 30.3 Å². The summed E-state index contributed by atoms with van der Waals surface area (Å²) in [6.07, 6.45) is 3.62. The van der Waals surface area contributed by atoms with Gasteiger partial charge < -0.3 is 15.2 Å². The lowest BCUT2D eigenvalue weighted by Crippen LogP contribution is -2.60. The van der Waals surface area contributed by atoms with Crippen LogP contribution in [0, 0.1) is 0 Å². The van der Waals surface area contributed by atoms with Crippen LogP contribution in [0.4, 0.5) is 0 Å². The normalized spacial score (nSPS) is 26.5. The second-order valence-electron chi connectivity index (χ2n) is 6.64. The van der Waals surface area contributed by atoms with E-state index in [2.05, 4.69) is 9.98 Å². The first-order valence-corrected chi connectivity index (χ1v) is 11.2. The van der Waals surface area contributed by atoms with Gasteiger partial charge in [0.2, 0.25) is 16.0 Å². The molecule has 1 saturated heterocycles. The molecule has 150 valence electrons. The van der Waals surface area contributed by atoms with Crippen LogP contribution in [0.5, 0.6) is 5.75 Å². The SMILES string of the molecule is COc1cncc(-c2cc(Cl)c(C34COCCC3S(=O)(=O)N(C)C(N)=N4)s2)c1. The molecular formula is C17H19ClN4O4S2. The molecular weight excluding hydrogens is 424 g/mol. The molecule has 0 radical (unpaired) electrons. The Labute approximate surface area is 172 Å². The zero-order valence-corrected chi connectivity index (χ0v) is 17.6. The number of methoxy groups -OCH3 is 1. The van der Waals surface area contributed by atoms with Crippen molar-refractivity contribution in [1.29, 1.82) is 0 Å². The molecule has 2 aromatic rings. The summed E-state index contributed by atoms with van der Waals surface area (Å²) in [7, 11) is -0.707. The van der Waals surface area contributed by atoms with Crippen LogP contribution in [-0.4, -0.2) is 56.3 Å². The maximum Gasteiger partial charge on any atom is 0.243 e. The number of guanidine groups is 1. The summed E-state index contributed by atoms with van der Waals surface area (Å²) in [6, 6.07) is 3.63. The average Bonchev–Trinajstić information content (AvgIpc) is 3.09. The fraction of sp³-hybridized carbons (Fsp3) is 0.412. The minimum atomic E-state index is -3.69. The van der Waals surface area contributed by atoms with Crippen LogP contribution in [0.15, 0.2) is 29.5 Å². The minimum Gasteiger partial charge on any atom is -0.495 e. The van der Waals surface area contributed by atoms with E-state index < -0.39 is 20.8 Å². The third-order valence-electron chi connectivity index (χ3n) is 5.07. The number of hydrogen-bond donors (Lipinski definition) is 1. The molecule has 0 aromatic carbocycles. The summed E-state index contributed by atoms with van der Waals surface area (Å²) in [5.41, 5.74) is 5.61. The van der Waals surface area contributed by atoms with Crippen LogP contribution in [0.2, 0.25) is 5.02 Å². The Kier molecular flexibility index (Phi) is 4.77. The first-order chi connectivity index (χ1) is 13.3. The highest BCUT2D eigenvalue weighted by Gasteiger charge is 2.56. The Morgan fingerprint density at radius 1 is 1.43 bits per heavy atom. The molecule has 11 heteroatoms. The van der Waals surface area contributed by atoms with Gasteiger partial charge >= 0.3 is 0 Å². The Morgan fingerprint density at radius 3 is 2.96 bits per heavy atom. The molecule has 4 heterocycles. The first-order valence-electron chi connectivity index (χ1n) is 8.49. The van der Waals surface area contributed by atoms with Gasteiger partial charge in [-0.3, -0.25) is 4.98 Å². The molecule has 2 aliphatic rings. The van der Waals surface area contributed by atoms with Crippen LogP contribution in [0.3, 0.4) is 0 Å². The number of nitrogens with two attached hydrogens (primary N) is 1. The zero-order valence-electron chi connectivity index (χ0n) is 15.3. The topological polar surface area (TPSA) is 107 Å². The summed E-state index contributed by atoms with van der Waals surface area (Å²) < 4.78 is 38.0. The van der Waals surface area contributed by atoms with Crippen molar-refractivity contribution >= 4 is 38.9 Å². The maximum absolute atomic E-state index is 13.1. The average molecular weight is 443 g/mol. The number of halogens is 1. The van der Waals surface area contributed by atoms with Crippen LogP contribution < -0.4 is 10.5 Å². The summed E-state index contributed by atoms with van der Waals surface area (Å²) >= 11 is 7.94. The number of fused-ring (bicyclic) bond motifs is 1. The number of thiophene rings is 1. The highest BCUT2D eigenvalue weighted by Crippen LogP contribution is 2.49. The van der Waals surface area contributed by atoms with Crippen LogP contribution in [0.1, 0.15) is 11.3 Å². The van der Waals surface area contributed by atoms with Gasteiger partial charge in [-0.05, 0) is 18.6 Å². The van der Waals surface area contributed by atoms with Gasteiger partial charge in [-0.2, -0.15) is 0 Å². The highest BCUT2D eigenvalue weighted by molar-refractivity contribution is 7.90. The molecule has 0 spiro atoms. The molecule has 8 nitrogen and oxygen atoms in total. The van der Waals surface area contributed by atoms with Gasteiger partial charge in [0.05, 0.1) is 29.8 Å². The summed E-state index contributed by atoms with van der Waals surface area (Å²) in [4.78, 5) is 10.2. The third kappa shape index (κ3) is 2.86. The van der Waals surface area contributed by atoms with Crippen LogP contribution in [-0.2, 0) is 20.3 Å². The Morgan fingerprint density at radius 2 is 2.21 bits per heavy atom. The van der Waals surface area contributed by atoms with E-state index in [0.717, 1.165) is 14.7 Å². The zero-order chi connectivity index (χ0) is 20.1. The minimum absolute atomic E-state index is 0.0733. The van der Waals surface area contributed by atoms with Crippen LogP contribution >= 0.6 is 22.9 Å². The Hall–Kier alpha value is -1.88. The van der Waals surface area contributed by atoms with E-state index in [9.17, 15) is 8.42 Å². The number of nitrogens with zero attached hydrogens (tertiary/aromatic N) is 3. The van der Waals surface area contributed by atoms with Crippen molar-refractivity contribution < 1.29 is 17.9 Å². The molecule has 2 aliphatic heterocycles. The molecule has 0 aliphatic carbocycles. The van der Waals surface area contributed by atoms with Gasteiger partial charge in [0.25, 0.3) is 0 Å². The first kappa shape index (κ1) is 19.4. The van der Waals surface area contributed by atoms with E-state index in [1.165, 1.54) is 18.4 Å². The number of aromatic nitrogens is 1. The molecule has 4 rings (SSSR count). The van der Waals surface area contributed by atoms with Gasteiger partial charge in [0.1, 0.15) is 16.5 Å². The van der Waals surface area contributed by atoms with Gasteiger partial charge in [0.15, 0.2) is 0 Å². The van der Waals surface area contributed by atoms with Crippen molar-refractivity contribution in [1.82, 2.24) is 9.29 Å². The fourth-order valence-corrected chi connectivity index (χ4v) is 7.12. The molecule has 0 saturated carbocycles. The summed E-state index contributed by atoms with van der Waals surface area (Å²) in [5, 5.41) is -0.367. The number of aliphatic imine (C=N–C) groups is 1. The lowest BCUT2D eigenvalue weighted by Gasteiger charge is -2.45. The number of ether oxygens (including phenoxy) is 2. The van der Waals surface area contributed by atoms with Crippen molar-refractivity contribution in [3.8, 4) is 16.2 Å². The van der Waals surface area contributed by atoms with Crippen molar-refractivity contribution in [2.45, 2.75) is 17.2 Å². The molecule has 2 N–H and O–H groups in total. The van der Waals surface area contributed by atoms with Gasteiger partial charge in [-0.15, -0.1) is 11.3 Å². The smallest absolute Gasteiger partial charge is 0.243 e. The summed E-state index contributed by atoms with van der Waals surface area (Å²) in [6.45, 7) is 0.437. The lowest BCUT2D eigenvalue weighted by molar-refractivity contribution is 0.0390. The van der Waals surface area contributed by atoms with Gasteiger partial charge in [-0.25, -0.2) is 17.7 Å². The Balaban J connectivity index is 1.88. The van der Waals surface area contributed by atoms with Gasteiger partial charge in [-0.1, -0.05) is 11.6 Å². The molecule has 2 aromatic heterocycles. The second kappa shape index (κ2) is 6.87. The van der Waals surface area contributed by atoms with E-state index in [4.69, 9.17) is 26.8 Å². The van der Waals surface area contributed by atoms with Crippen molar-refractivity contribution in [3.63, 3.8) is 0 Å². The fourth-order valence-electron chi connectivity index (χ4n) is 3.58. The molecule has 0 bridgehead atoms. The van der Waals surface area contributed by atoms with Crippen LogP contribution in [0.25, 0.3) is 10.4 Å². The van der Waals surface area contributed by atoms with E-state index >= 15 is 0 Å². The monoisotopic (exact) mass is 442 g/mol. The molecule has 2 atom stereocenters. The lowest BCUT2D eigenvalue weighted by atomic mass is 9.90. The Bertz CT molecular complexity index is 1060.